The molecular formula is C22H24N2O3. The third kappa shape index (κ3) is 3.35. The number of carbonyl (C=O) groups excluding carboxylic acids is 2. The number of rotatable bonds is 4. The molecule has 5 nitrogen and oxygen atoms in total. The summed E-state index contributed by atoms with van der Waals surface area (Å²) in [6.45, 7) is 0.486. The van der Waals surface area contributed by atoms with Crippen LogP contribution in [-0.2, 0) is 11.3 Å². The molecule has 0 saturated heterocycles. The molecule has 27 heavy (non-hydrogen) atoms. The van der Waals surface area contributed by atoms with Gasteiger partial charge in [0.25, 0.3) is 5.91 Å². The van der Waals surface area contributed by atoms with E-state index in [1.54, 1.807) is 17.6 Å². The molecule has 1 fully saturated rings. The number of amides is 2. The summed E-state index contributed by atoms with van der Waals surface area (Å²) in [5.74, 6) is 0.0655. The second kappa shape index (κ2) is 7.53. The van der Waals surface area contributed by atoms with E-state index < -0.39 is 5.91 Å². The highest BCUT2D eigenvalue weighted by Crippen LogP contribution is 2.46. The topological polar surface area (TPSA) is 69.6 Å². The van der Waals surface area contributed by atoms with E-state index in [1.165, 1.54) is 19.3 Å². The fourth-order valence-corrected chi connectivity index (χ4v) is 4.51. The van der Waals surface area contributed by atoms with Crippen molar-refractivity contribution < 1.29 is 14.8 Å². The number of carbonyl (C=O) groups is 2. The molecule has 140 valence electrons. The van der Waals surface area contributed by atoms with Crippen LogP contribution in [0.3, 0.4) is 0 Å². The van der Waals surface area contributed by atoms with Gasteiger partial charge in [-0.25, -0.2) is 5.48 Å². The fourth-order valence-electron chi connectivity index (χ4n) is 4.51. The van der Waals surface area contributed by atoms with Crippen molar-refractivity contribution in [2.24, 2.45) is 5.92 Å². The van der Waals surface area contributed by atoms with E-state index in [0.717, 1.165) is 29.7 Å². The van der Waals surface area contributed by atoms with Crippen molar-refractivity contribution >= 4 is 17.5 Å². The van der Waals surface area contributed by atoms with E-state index in [4.69, 9.17) is 5.21 Å². The molecule has 1 saturated carbocycles. The molecule has 0 spiro atoms. The van der Waals surface area contributed by atoms with Gasteiger partial charge in [0, 0.05) is 11.3 Å². The number of benzene rings is 2. The van der Waals surface area contributed by atoms with Gasteiger partial charge in [0.15, 0.2) is 0 Å². The first-order chi connectivity index (χ1) is 13.2. The van der Waals surface area contributed by atoms with Gasteiger partial charge in [0.2, 0.25) is 5.91 Å². The molecule has 2 aromatic carbocycles. The number of nitrogens with one attached hydrogen (secondary N) is 1. The normalized spacial score (nSPS) is 19.8. The quantitative estimate of drug-likeness (QED) is 0.636. The Hall–Kier alpha value is -2.66. The van der Waals surface area contributed by atoms with Crippen LogP contribution in [-0.4, -0.2) is 17.0 Å². The molecular weight excluding hydrogens is 340 g/mol. The average Bonchev–Trinajstić information content (AvgIpc) is 3.00. The lowest BCUT2D eigenvalue weighted by molar-refractivity contribution is -0.120. The third-order valence-corrected chi connectivity index (χ3v) is 5.87. The Balaban J connectivity index is 1.59. The van der Waals surface area contributed by atoms with E-state index in [-0.39, 0.29) is 11.8 Å². The lowest BCUT2D eigenvalue weighted by Crippen LogP contribution is -2.31. The van der Waals surface area contributed by atoms with Crippen molar-refractivity contribution in [3.63, 3.8) is 0 Å². The number of fused-ring (bicyclic) bond motifs is 1. The minimum absolute atomic E-state index is 0.0269. The maximum atomic E-state index is 13.3. The van der Waals surface area contributed by atoms with Crippen LogP contribution in [0.25, 0.3) is 0 Å². The predicted octanol–water partition coefficient (Wildman–Crippen LogP) is 4.02. The Kier molecular flexibility index (Phi) is 4.94. The summed E-state index contributed by atoms with van der Waals surface area (Å²) in [7, 11) is 0. The van der Waals surface area contributed by atoms with E-state index in [0.29, 0.717) is 18.0 Å². The first-order valence-corrected chi connectivity index (χ1v) is 9.62. The number of hydrogen-bond acceptors (Lipinski definition) is 3. The summed E-state index contributed by atoms with van der Waals surface area (Å²) in [5.41, 5.74) is 5.14. The molecule has 1 unspecified atom stereocenters. The van der Waals surface area contributed by atoms with Crippen LogP contribution in [0.4, 0.5) is 5.69 Å². The van der Waals surface area contributed by atoms with Crippen molar-refractivity contribution in [1.29, 1.82) is 0 Å². The predicted molar refractivity (Wildman–Crippen MR) is 103 cm³/mol. The Labute approximate surface area is 159 Å². The Bertz CT molecular complexity index is 841. The van der Waals surface area contributed by atoms with Crippen molar-refractivity contribution in [3.8, 4) is 0 Å². The van der Waals surface area contributed by atoms with E-state index in [1.807, 2.05) is 35.2 Å². The van der Waals surface area contributed by atoms with Crippen LogP contribution in [0.5, 0.6) is 0 Å². The molecule has 2 N–H and O–H groups in total. The highest BCUT2D eigenvalue weighted by Gasteiger charge is 2.41. The average molecular weight is 364 g/mol. The molecule has 1 aliphatic carbocycles. The Morgan fingerprint density at radius 2 is 1.74 bits per heavy atom. The molecule has 1 heterocycles. The van der Waals surface area contributed by atoms with Crippen LogP contribution < -0.4 is 10.4 Å². The highest BCUT2D eigenvalue weighted by molar-refractivity contribution is 6.05. The second-order valence-electron chi connectivity index (χ2n) is 7.50. The summed E-state index contributed by atoms with van der Waals surface area (Å²) in [5, 5.41) is 8.73. The van der Waals surface area contributed by atoms with E-state index >= 15 is 0 Å². The van der Waals surface area contributed by atoms with E-state index in [2.05, 4.69) is 6.07 Å². The first-order valence-electron chi connectivity index (χ1n) is 9.62. The van der Waals surface area contributed by atoms with Gasteiger partial charge in [-0.05, 0) is 48.1 Å². The number of para-hydroxylation sites is 1. The van der Waals surface area contributed by atoms with Crippen LogP contribution in [0, 0.1) is 5.92 Å². The van der Waals surface area contributed by atoms with Crippen molar-refractivity contribution in [2.45, 2.75) is 44.6 Å². The van der Waals surface area contributed by atoms with Gasteiger partial charge < -0.3 is 4.90 Å². The summed E-state index contributed by atoms with van der Waals surface area (Å²) >= 11 is 0. The van der Waals surface area contributed by atoms with Crippen molar-refractivity contribution in [3.05, 3.63) is 65.2 Å². The van der Waals surface area contributed by atoms with Crippen LogP contribution in [0.2, 0.25) is 0 Å². The second-order valence-corrected chi connectivity index (χ2v) is 7.50. The number of hydroxylamine groups is 1. The first kappa shape index (κ1) is 17.7. The summed E-state index contributed by atoms with van der Waals surface area (Å²) in [6.07, 6.45) is 5.96. The summed E-state index contributed by atoms with van der Waals surface area (Å²) in [6, 6.07) is 15.1. The molecule has 5 heteroatoms. The summed E-state index contributed by atoms with van der Waals surface area (Å²) < 4.78 is 0. The zero-order valence-electron chi connectivity index (χ0n) is 15.2. The Morgan fingerprint density at radius 1 is 1.04 bits per heavy atom. The minimum Gasteiger partial charge on any atom is -0.307 e. The smallest absolute Gasteiger partial charge is 0.274 e. The molecule has 2 aliphatic rings. The van der Waals surface area contributed by atoms with Crippen molar-refractivity contribution in [1.82, 2.24) is 5.48 Å². The molecule has 0 bridgehead atoms. The van der Waals surface area contributed by atoms with E-state index in [9.17, 15) is 9.59 Å². The largest absolute Gasteiger partial charge is 0.307 e. The molecule has 1 aliphatic heterocycles. The molecule has 2 amide bonds. The van der Waals surface area contributed by atoms with Gasteiger partial charge in [-0.1, -0.05) is 49.6 Å². The van der Waals surface area contributed by atoms with Gasteiger partial charge in [0.1, 0.15) is 0 Å². The number of anilines is 1. The third-order valence-electron chi connectivity index (χ3n) is 5.87. The zero-order chi connectivity index (χ0) is 18.8. The van der Waals surface area contributed by atoms with Gasteiger partial charge in [-0.2, -0.15) is 0 Å². The molecule has 4 rings (SSSR count). The van der Waals surface area contributed by atoms with Gasteiger partial charge in [-0.15, -0.1) is 0 Å². The van der Waals surface area contributed by atoms with Crippen molar-refractivity contribution in [2.75, 3.05) is 4.90 Å². The maximum absolute atomic E-state index is 13.3. The fraction of sp³-hybridized carbons (Fsp3) is 0.364. The Morgan fingerprint density at radius 3 is 2.44 bits per heavy atom. The summed E-state index contributed by atoms with van der Waals surface area (Å²) in [4.78, 5) is 26.7. The lowest BCUT2D eigenvalue weighted by Gasteiger charge is -2.27. The maximum Gasteiger partial charge on any atom is 0.274 e. The zero-order valence-corrected chi connectivity index (χ0v) is 15.2. The standard InChI is InChI=1S/C22H24N2O3/c25-21(23-27)17-12-10-15(11-13-17)14-24-19-9-5-4-8-18(19)20(22(24)26)16-6-2-1-3-7-16/h4-5,8-13,16,20,27H,1-3,6-7,14H2,(H,23,25). The van der Waals surface area contributed by atoms with Crippen LogP contribution >= 0.6 is 0 Å². The number of nitrogens with zero attached hydrogens (tertiary/aromatic N) is 1. The molecule has 2 aromatic rings. The highest BCUT2D eigenvalue weighted by atomic mass is 16.5. The molecule has 1 atom stereocenters. The number of hydrogen-bond donors (Lipinski definition) is 2. The SMILES string of the molecule is O=C(NO)c1ccc(CN2C(=O)C(C3CCCCC3)c3ccccc32)cc1. The monoisotopic (exact) mass is 364 g/mol. The minimum atomic E-state index is -0.540. The van der Waals surface area contributed by atoms with Crippen LogP contribution in [0.1, 0.15) is 59.5 Å². The molecule has 0 radical (unpaired) electrons. The van der Waals surface area contributed by atoms with Gasteiger partial charge in [0.05, 0.1) is 12.5 Å². The van der Waals surface area contributed by atoms with Gasteiger partial charge >= 0.3 is 0 Å². The van der Waals surface area contributed by atoms with Gasteiger partial charge in [-0.3, -0.25) is 14.8 Å². The molecule has 0 aromatic heterocycles. The lowest BCUT2D eigenvalue weighted by atomic mass is 9.77. The van der Waals surface area contributed by atoms with Crippen LogP contribution in [0.15, 0.2) is 48.5 Å².